The standard InChI is InChI=1S/C24H36FNO6SSi/c1-22(2,3)34-32-23(4,5)24(17-28,15-6-16-27)26-33(29,30)21-13-11-20(12-14-21)31-19-9-7-18(25)8-10-19/h7-14,26-28H,6,15-17,34H2,1-5H3/t24-/m0/s1. The van der Waals surface area contributed by atoms with Gasteiger partial charge >= 0.3 is 0 Å². The van der Waals surface area contributed by atoms with Gasteiger partial charge in [-0.1, -0.05) is 20.8 Å². The molecule has 0 unspecified atom stereocenters. The number of nitrogens with one attached hydrogen (secondary N) is 1. The maximum atomic E-state index is 13.3. The Morgan fingerprint density at radius 2 is 1.47 bits per heavy atom. The second-order valence-corrected chi connectivity index (χ2v) is 14.4. The number of rotatable bonds is 12. The molecule has 2 rings (SSSR count). The molecule has 34 heavy (non-hydrogen) atoms. The number of sulfonamides is 1. The first-order valence-corrected chi connectivity index (χ1v) is 13.9. The zero-order valence-electron chi connectivity index (χ0n) is 20.5. The van der Waals surface area contributed by atoms with Crippen LogP contribution in [0, 0.1) is 5.82 Å². The quantitative estimate of drug-likeness (QED) is 0.375. The molecule has 0 bridgehead atoms. The number of halogens is 1. The topological polar surface area (TPSA) is 105 Å². The highest BCUT2D eigenvalue weighted by molar-refractivity contribution is 7.89. The molecule has 0 spiro atoms. The van der Waals surface area contributed by atoms with E-state index in [1.807, 2.05) is 0 Å². The lowest BCUT2D eigenvalue weighted by Gasteiger charge is -2.47. The summed E-state index contributed by atoms with van der Waals surface area (Å²) in [7, 11) is -5.12. The summed E-state index contributed by atoms with van der Waals surface area (Å²) in [6.07, 6.45) is 0.480. The normalized spacial score (nSPS) is 14.9. The van der Waals surface area contributed by atoms with Crippen molar-refractivity contribution in [3.05, 3.63) is 54.3 Å². The minimum Gasteiger partial charge on any atom is -0.457 e. The van der Waals surface area contributed by atoms with Gasteiger partial charge in [0, 0.05) is 6.61 Å². The third-order valence-electron chi connectivity index (χ3n) is 5.56. The van der Waals surface area contributed by atoms with Crippen molar-refractivity contribution in [2.45, 2.75) is 68.5 Å². The summed E-state index contributed by atoms with van der Waals surface area (Å²) >= 11 is 0. The minimum absolute atomic E-state index is 0.00959. The van der Waals surface area contributed by atoms with Crippen molar-refractivity contribution in [3.63, 3.8) is 0 Å². The summed E-state index contributed by atoms with van der Waals surface area (Å²) in [5, 5.41) is 19.8. The van der Waals surface area contributed by atoms with E-state index < -0.39 is 37.5 Å². The number of benzene rings is 2. The Morgan fingerprint density at radius 1 is 0.941 bits per heavy atom. The number of hydrogen-bond donors (Lipinski definition) is 3. The van der Waals surface area contributed by atoms with Crippen molar-refractivity contribution in [2.75, 3.05) is 13.2 Å². The van der Waals surface area contributed by atoms with Crippen molar-refractivity contribution in [1.29, 1.82) is 0 Å². The highest BCUT2D eigenvalue weighted by atomic mass is 32.2. The van der Waals surface area contributed by atoms with E-state index in [0.29, 0.717) is 11.5 Å². The Balaban J connectivity index is 2.29. The minimum atomic E-state index is -4.05. The van der Waals surface area contributed by atoms with Crippen molar-refractivity contribution in [3.8, 4) is 11.5 Å². The monoisotopic (exact) mass is 513 g/mol. The summed E-state index contributed by atoms with van der Waals surface area (Å²) in [6.45, 7) is 9.06. The average molecular weight is 514 g/mol. The lowest BCUT2D eigenvalue weighted by molar-refractivity contribution is -0.0253. The summed E-state index contributed by atoms with van der Waals surface area (Å²) in [4.78, 5) is -0.00959. The van der Waals surface area contributed by atoms with E-state index >= 15 is 0 Å². The molecule has 0 aliphatic carbocycles. The van der Waals surface area contributed by atoms with Gasteiger partial charge in [0.25, 0.3) is 0 Å². The molecule has 7 nitrogen and oxygen atoms in total. The number of aliphatic hydroxyl groups excluding tert-OH is 2. The van der Waals surface area contributed by atoms with Gasteiger partial charge in [-0.05, 0) is 80.3 Å². The lowest BCUT2D eigenvalue weighted by atomic mass is 9.80. The third kappa shape index (κ3) is 7.59. The molecule has 0 heterocycles. The number of aliphatic hydroxyl groups is 2. The molecule has 0 aliphatic rings. The zero-order valence-corrected chi connectivity index (χ0v) is 22.7. The van der Waals surface area contributed by atoms with E-state index in [1.54, 1.807) is 13.8 Å². The van der Waals surface area contributed by atoms with Gasteiger partial charge < -0.3 is 19.4 Å². The van der Waals surface area contributed by atoms with Crippen LogP contribution in [-0.4, -0.2) is 52.7 Å². The second-order valence-electron chi connectivity index (χ2n) is 10.1. The second kappa shape index (κ2) is 11.3. The van der Waals surface area contributed by atoms with Crippen LogP contribution in [0.1, 0.15) is 47.5 Å². The molecule has 10 heteroatoms. The molecule has 0 aromatic heterocycles. The molecule has 2 aromatic carbocycles. The molecule has 0 radical (unpaired) electrons. The lowest BCUT2D eigenvalue weighted by Crippen LogP contribution is -2.65. The van der Waals surface area contributed by atoms with Crippen molar-refractivity contribution >= 4 is 19.8 Å². The molecule has 1 atom stereocenters. The SMILES string of the molecule is CC(C)(C)[SiH2]OC(C)(C)[C@@](CO)(CCCO)NS(=O)(=O)c1ccc(Oc2ccc(F)cc2)cc1. The van der Waals surface area contributed by atoms with Gasteiger partial charge in [-0.25, -0.2) is 12.8 Å². The van der Waals surface area contributed by atoms with Gasteiger partial charge in [-0.2, -0.15) is 4.72 Å². The van der Waals surface area contributed by atoms with Gasteiger partial charge in [-0.15, -0.1) is 0 Å². The van der Waals surface area contributed by atoms with Gasteiger partial charge in [0.05, 0.1) is 22.6 Å². The maximum absolute atomic E-state index is 13.3. The molecule has 0 aliphatic heterocycles. The molecule has 3 N–H and O–H groups in total. The molecular weight excluding hydrogens is 477 g/mol. The number of hydrogen-bond acceptors (Lipinski definition) is 6. The van der Waals surface area contributed by atoms with Gasteiger partial charge in [0.1, 0.15) is 17.3 Å². The van der Waals surface area contributed by atoms with E-state index in [1.165, 1.54) is 48.5 Å². The van der Waals surface area contributed by atoms with Gasteiger partial charge in [-0.3, -0.25) is 0 Å². The van der Waals surface area contributed by atoms with Crippen LogP contribution in [-0.2, 0) is 14.4 Å². The van der Waals surface area contributed by atoms with Crippen molar-refractivity contribution < 1.29 is 32.2 Å². The number of ether oxygens (including phenoxy) is 1. The molecule has 0 amide bonds. The smallest absolute Gasteiger partial charge is 0.241 e. The average Bonchev–Trinajstić information content (AvgIpc) is 2.76. The van der Waals surface area contributed by atoms with Crippen LogP contribution >= 0.6 is 0 Å². The largest absolute Gasteiger partial charge is 0.457 e. The first kappa shape index (κ1) is 28.4. The van der Waals surface area contributed by atoms with E-state index in [0.717, 1.165) is 0 Å². The summed E-state index contributed by atoms with van der Waals surface area (Å²) in [5.41, 5.74) is -2.36. The first-order valence-electron chi connectivity index (χ1n) is 11.2. The molecular formula is C24H36FNO6SSi. The van der Waals surface area contributed by atoms with E-state index in [4.69, 9.17) is 9.16 Å². The van der Waals surface area contributed by atoms with Crippen LogP contribution < -0.4 is 9.46 Å². The fraction of sp³-hybridized carbons (Fsp3) is 0.500. The Kier molecular flexibility index (Phi) is 9.42. The van der Waals surface area contributed by atoms with E-state index in [-0.39, 0.29) is 35.2 Å². The Labute approximate surface area is 204 Å². The maximum Gasteiger partial charge on any atom is 0.241 e. The van der Waals surface area contributed by atoms with Crippen LogP contribution in [0.25, 0.3) is 0 Å². The van der Waals surface area contributed by atoms with Gasteiger partial charge in [0.2, 0.25) is 10.0 Å². The van der Waals surface area contributed by atoms with Crippen molar-refractivity contribution in [1.82, 2.24) is 4.72 Å². The Bertz CT molecular complexity index is 1020. The predicted octanol–water partition coefficient (Wildman–Crippen LogP) is 3.50. The molecule has 0 saturated heterocycles. The van der Waals surface area contributed by atoms with Crippen LogP contribution in [0.2, 0.25) is 5.04 Å². The molecule has 2 aromatic rings. The highest BCUT2D eigenvalue weighted by Crippen LogP contribution is 2.34. The van der Waals surface area contributed by atoms with Crippen LogP contribution in [0.15, 0.2) is 53.4 Å². The van der Waals surface area contributed by atoms with Crippen molar-refractivity contribution in [2.24, 2.45) is 0 Å². The predicted molar refractivity (Wildman–Crippen MR) is 133 cm³/mol. The Morgan fingerprint density at radius 3 is 1.94 bits per heavy atom. The summed E-state index contributed by atoms with van der Waals surface area (Å²) < 4.78 is 54.3. The van der Waals surface area contributed by atoms with E-state index in [2.05, 4.69) is 25.5 Å². The molecule has 190 valence electrons. The molecule has 0 fully saturated rings. The zero-order chi connectivity index (χ0) is 25.6. The van der Waals surface area contributed by atoms with E-state index in [9.17, 15) is 23.0 Å². The fourth-order valence-corrected chi connectivity index (χ4v) is 5.94. The van der Waals surface area contributed by atoms with Crippen LogP contribution in [0.3, 0.4) is 0 Å². The van der Waals surface area contributed by atoms with Crippen LogP contribution in [0.5, 0.6) is 11.5 Å². The Hall–Kier alpha value is -1.82. The first-order chi connectivity index (χ1) is 15.7. The molecule has 0 saturated carbocycles. The van der Waals surface area contributed by atoms with Gasteiger partial charge in [0.15, 0.2) is 9.76 Å². The van der Waals surface area contributed by atoms with Crippen LogP contribution in [0.4, 0.5) is 4.39 Å². The third-order valence-corrected chi connectivity index (χ3v) is 8.85. The highest BCUT2D eigenvalue weighted by Gasteiger charge is 2.48. The summed E-state index contributed by atoms with van der Waals surface area (Å²) in [6, 6.07) is 11.3. The summed E-state index contributed by atoms with van der Waals surface area (Å²) in [5.74, 6) is 0.421. The fourth-order valence-electron chi connectivity index (χ4n) is 3.33.